The second-order valence-corrected chi connectivity index (χ2v) is 17.7. The van der Waals surface area contributed by atoms with Crippen molar-refractivity contribution in [3.8, 4) is 0 Å². The summed E-state index contributed by atoms with van der Waals surface area (Å²) in [6, 6.07) is 0.372. The summed E-state index contributed by atoms with van der Waals surface area (Å²) in [6.07, 6.45) is 0.357. The lowest BCUT2D eigenvalue weighted by atomic mass is 9.99. The second-order valence-electron chi connectivity index (χ2n) is 17.7. The number of nitrogens with two attached hydrogens (primary N) is 4. The first-order chi connectivity index (χ1) is 31.9. The highest BCUT2D eigenvalue weighted by Crippen LogP contribution is 2.21. The van der Waals surface area contributed by atoms with E-state index in [4.69, 9.17) is 22.9 Å². The highest BCUT2D eigenvalue weighted by molar-refractivity contribution is 5.98. The number of guanidine groups is 1. The molecule has 9 amide bonds. The average molecular weight is 958 g/mol. The second kappa shape index (κ2) is 28.4. The Labute approximate surface area is 396 Å². The van der Waals surface area contributed by atoms with E-state index in [1.807, 2.05) is 13.8 Å². The summed E-state index contributed by atoms with van der Waals surface area (Å²) >= 11 is 0. The fourth-order valence-electron chi connectivity index (χ4n) is 7.28. The first kappa shape index (κ1) is 57.3. The van der Waals surface area contributed by atoms with Crippen LogP contribution in [0.15, 0.2) is 35.3 Å². The standard InChI is InChI=1S/C44H71N13O11/c1-23(2)18-29(39(64)52-27(14-10-16-49-44(47)48)38(63)53-28(37(46)62)19-26-12-8-7-9-13-26)54-42(67)35(24(3)4)55-33(59)22-50-41(66)31-15-11-17-57(31)43(68)36(25(5)6)56-40(65)30(20-34(60)61)51-32(58)21-45/h7-9,12-13,23-25,27-31,35-36H,10-11,14-22,45H2,1-6H3,(H2,46,62)(H,50,66)(H,51,58)(H,52,64)(H,53,63)(H,54,67)(H,55,59)(H,56,65)(H,60,61)(H4,47,48,49)/t27-,28-,29-,30-,31-,35-,36-/m0/s1. The number of hydrogen-bond acceptors (Lipinski definition) is 12. The summed E-state index contributed by atoms with van der Waals surface area (Å²) in [7, 11) is 0. The summed E-state index contributed by atoms with van der Waals surface area (Å²) in [6.45, 7) is 9.37. The van der Waals surface area contributed by atoms with E-state index in [-0.39, 0.29) is 57.1 Å². The van der Waals surface area contributed by atoms with E-state index < -0.39 is 133 Å². The number of aliphatic carboxylic acids is 1. The summed E-state index contributed by atoms with van der Waals surface area (Å²) in [5.74, 6) is -9.49. The quantitative estimate of drug-likeness (QED) is 0.0221. The van der Waals surface area contributed by atoms with Crippen molar-refractivity contribution in [2.75, 3.05) is 26.2 Å². The van der Waals surface area contributed by atoms with Crippen molar-refractivity contribution in [1.29, 1.82) is 0 Å². The van der Waals surface area contributed by atoms with Crippen LogP contribution >= 0.6 is 0 Å². The van der Waals surface area contributed by atoms with Crippen molar-refractivity contribution < 1.29 is 53.1 Å². The molecule has 2 rings (SSSR count). The molecule has 0 spiro atoms. The van der Waals surface area contributed by atoms with Gasteiger partial charge in [0.2, 0.25) is 53.2 Å². The highest BCUT2D eigenvalue weighted by atomic mass is 16.4. The largest absolute Gasteiger partial charge is 0.481 e. The lowest BCUT2D eigenvalue weighted by Gasteiger charge is -2.31. The Morgan fingerprint density at radius 2 is 1.31 bits per heavy atom. The molecule has 24 heteroatoms. The Kier molecular flexibility index (Phi) is 23.9. The molecule has 1 heterocycles. The van der Waals surface area contributed by atoms with Crippen LogP contribution in [0.1, 0.15) is 85.6 Å². The van der Waals surface area contributed by atoms with E-state index in [0.29, 0.717) is 6.42 Å². The van der Waals surface area contributed by atoms with Crippen molar-refractivity contribution in [3.63, 3.8) is 0 Å². The molecule has 1 saturated heterocycles. The van der Waals surface area contributed by atoms with Crippen LogP contribution in [0.3, 0.4) is 0 Å². The van der Waals surface area contributed by atoms with E-state index >= 15 is 0 Å². The maximum atomic E-state index is 13.9. The number of aliphatic imine (C=N–C) groups is 1. The van der Waals surface area contributed by atoms with Gasteiger partial charge in [0, 0.05) is 19.5 Å². The average Bonchev–Trinajstić information content (AvgIpc) is 3.76. The molecule has 16 N–H and O–H groups in total. The van der Waals surface area contributed by atoms with Crippen LogP contribution in [0, 0.1) is 17.8 Å². The zero-order valence-corrected chi connectivity index (χ0v) is 39.7. The van der Waals surface area contributed by atoms with Gasteiger partial charge in [-0.3, -0.25) is 52.9 Å². The normalized spacial score (nSPS) is 16.0. The number of rotatable bonds is 28. The van der Waals surface area contributed by atoms with Gasteiger partial charge in [0.1, 0.15) is 42.3 Å². The molecule has 0 radical (unpaired) electrons. The van der Waals surface area contributed by atoms with Gasteiger partial charge in [-0.15, -0.1) is 0 Å². The third kappa shape index (κ3) is 19.5. The number of benzene rings is 1. The van der Waals surface area contributed by atoms with Crippen molar-refractivity contribution in [2.24, 2.45) is 45.7 Å². The number of carboxylic acid groups (broad SMARTS) is 1. The molecule has 0 saturated carbocycles. The number of nitrogens with zero attached hydrogens (tertiary/aromatic N) is 2. The van der Waals surface area contributed by atoms with Crippen LogP contribution in [0.4, 0.5) is 0 Å². The zero-order chi connectivity index (χ0) is 51.2. The van der Waals surface area contributed by atoms with Gasteiger partial charge in [0.25, 0.3) is 0 Å². The minimum absolute atomic E-state index is 0.0388. The summed E-state index contributed by atoms with van der Waals surface area (Å²) < 4.78 is 0. The minimum Gasteiger partial charge on any atom is -0.481 e. The number of amides is 9. The SMILES string of the molecule is CC(C)C[C@H](NC(=O)[C@@H](NC(=O)CNC(=O)[C@@H]1CCCN1C(=O)[C@@H](NC(=O)[C@H](CC(=O)O)NC(=O)CN)C(C)C)C(C)C)C(=O)N[C@@H](CCCN=C(N)N)C(=O)N[C@@H](Cc1ccccc1)C(N)=O. The van der Waals surface area contributed by atoms with Crippen molar-refractivity contribution in [2.45, 2.75) is 129 Å². The Balaban J connectivity index is 2.18. The number of carbonyl (C=O) groups is 10. The van der Waals surface area contributed by atoms with Crippen molar-refractivity contribution in [1.82, 2.24) is 42.1 Å². The van der Waals surface area contributed by atoms with Gasteiger partial charge in [0.15, 0.2) is 5.96 Å². The highest BCUT2D eigenvalue weighted by Gasteiger charge is 2.40. The molecule has 0 aliphatic carbocycles. The van der Waals surface area contributed by atoms with Crippen molar-refractivity contribution in [3.05, 3.63) is 35.9 Å². The Bertz CT molecular complexity index is 1960. The number of nitrogens with one attached hydrogen (secondary N) is 7. The van der Waals surface area contributed by atoms with Gasteiger partial charge in [-0.25, -0.2) is 0 Å². The van der Waals surface area contributed by atoms with Crippen LogP contribution in [0.2, 0.25) is 0 Å². The maximum absolute atomic E-state index is 13.9. The lowest BCUT2D eigenvalue weighted by molar-refractivity contribution is -0.144. The summed E-state index contributed by atoms with van der Waals surface area (Å²) in [5, 5.41) is 27.1. The molecule has 1 fully saturated rings. The van der Waals surface area contributed by atoms with Gasteiger partial charge in [0.05, 0.1) is 19.5 Å². The fourth-order valence-corrected chi connectivity index (χ4v) is 7.28. The van der Waals surface area contributed by atoms with Crippen LogP contribution in [-0.2, 0) is 54.4 Å². The minimum atomic E-state index is -1.53. The third-order valence-electron chi connectivity index (χ3n) is 10.8. The molecule has 1 aromatic carbocycles. The first-order valence-corrected chi connectivity index (χ1v) is 22.6. The van der Waals surface area contributed by atoms with Crippen molar-refractivity contribution >= 4 is 65.1 Å². The molecule has 378 valence electrons. The zero-order valence-electron chi connectivity index (χ0n) is 39.7. The predicted octanol–water partition coefficient (Wildman–Crippen LogP) is -3.42. The predicted molar refractivity (Wildman–Crippen MR) is 249 cm³/mol. The fraction of sp³-hybridized carbons (Fsp3) is 0.614. The van der Waals surface area contributed by atoms with E-state index in [1.54, 1.807) is 58.0 Å². The van der Waals surface area contributed by atoms with E-state index in [0.717, 1.165) is 5.56 Å². The van der Waals surface area contributed by atoms with Crippen LogP contribution in [0.25, 0.3) is 0 Å². The van der Waals surface area contributed by atoms with E-state index in [9.17, 15) is 53.1 Å². The van der Waals surface area contributed by atoms with Gasteiger partial charge < -0.3 is 70.2 Å². The Hall–Kier alpha value is -6.85. The Morgan fingerprint density at radius 3 is 1.87 bits per heavy atom. The van der Waals surface area contributed by atoms with E-state index in [2.05, 4.69) is 42.2 Å². The molecule has 1 aromatic rings. The van der Waals surface area contributed by atoms with Gasteiger partial charge >= 0.3 is 5.97 Å². The van der Waals surface area contributed by atoms with Crippen LogP contribution < -0.4 is 60.2 Å². The lowest BCUT2D eigenvalue weighted by Crippen LogP contribution is -2.60. The Morgan fingerprint density at radius 1 is 0.721 bits per heavy atom. The summed E-state index contributed by atoms with van der Waals surface area (Å²) in [4.78, 5) is 136. The molecule has 0 bridgehead atoms. The first-order valence-electron chi connectivity index (χ1n) is 22.6. The van der Waals surface area contributed by atoms with Gasteiger partial charge in [-0.2, -0.15) is 0 Å². The molecular formula is C44H71N13O11. The topological polar surface area (TPSA) is 395 Å². The molecule has 0 aromatic heterocycles. The molecular weight excluding hydrogens is 887 g/mol. The summed E-state index contributed by atoms with van der Waals surface area (Å²) in [5.41, 5.74) is 22.6. The molecule has 1 aliphatic heterocycles. The van der Waals surface area contributed by atoms with E-state index in [1.165, 1.54) is 4.90 Å². The number of hydrogen-bond donors (Lipinski definition) is 12. The monoisotopic (exact) mass is 958 g/mol. The molecule has 0 unspecified atom stereocenters. The van der Waals surface area contributed by atoms with Crippen LogP contribution in [-0.4, -0.2) is 144 Å². The van der Waals surface area contributed by atoms with Crippen LogP contribution in [0.5, 0.6) is 0 Å². The number of carbonyl (C=O) groups excluding carboxylic acids is 9. The maximum Gasteiger partial charge on any atom is 0.305 e. The molecule has 24 nitrogen and oxygen atoms in total. The smallest absolute Gasteiger partial charge is 0.305 e. The number of primary amides is 1. The third-order valence-corrected chi connectivity index (χ3v) is 10.8. The molecule has 68 heavy (non-hydrogen) atoms. The molecule has 7 atom stereocenters. The van der Waals surface area contributed by atoms with Gasteiger partial charge in [-0.1, -0.05) is 71.9 Å². The van der Waals surface area contributed by atoms with Gasteiger partial charge in [-0.05, 0) is 55.4 Å². The molecule has 1 aliphatic rings. The number of carboxylic acids is 1. The number of likely N-dealkylation sites (tertiary alicyclic amines) is 1.